The highest BCUT2D eigenvalue weighted by Gasteiger charge is 2.28. The van der Waals surface area contributed by atoms with Gasteiger partial charge in [-0.15, -0.1) is 0 Å². The smallest absolute Gasteiger partial charge is 0.408 e. The molecule has 6 nitrogen and oxygen atoms in total. The van der Waals surface area contributed by atoms with Crippen LogP contribution in [0.25, 0.3) is 0 Å². The van der Waals surface area contributed by atoms with Crippen LogP contribution in [0.3, 0.4) is 0 Å². The number of amides is 2. The summed E-state index contributed by atoms with van der Waals surface area (Å²) < 4.78 is 20.2. The lowest BCUT2D eigenvalue weighted by Crippen LogP contribution is -2.50. The summed E-state index contributed by atoms with van der Waals surface area (Å²) in [5.74, 6) is -0.548. The summed E-state index contributed by atoms with van der Waals surface area (Å²) in [4.78, 5) is 25.4. The summed E-state index contributed by atoms with van der Waals surface area (Å²) in [6.45, 7) is 7.15. The molecule has 0 aliphatic carbocycles. The summed E-state index contributed by atoms with van der Waals surface area (Å²) >= 11 is -1.73. The Balaban J connectivity index is 2.10. The van der Waals surface area contributed by atoms with E-state index in [-0.39, 0.29) is 6.42 Å². The van der Waals surface area contributed by atoms with E-state index < -0.39 is 35.0 Å². The molecule has 0 radical (unpaired) electrons. The second-order valence-electron chi connectivity index (χ2n) is 7.44. The molecule has 150 valence electrons. The number of benzene rings is 2. The van der Waals surface area contributed by atoms with Crippen molar-refractivity contribution in [3.8, 4) is 0 Å². The van der Waals surface area contributed by atoms with E-state index in [0.29, 0.717) is 4.90 Å². The van der Waals surface area contributed by atoms with Gasteiger partial charge in [0.2, 0.25) is 0 Å². The van der Waals surface area contributed by atoms with Gasteiger partial charge in [0.15, 0.2) is 4.90 Å². The molecule has 2 aromatic rings. The Morgan fingerprint density at radius 3 is 2.25 bits per heavy atom. The fourth-order valence-electron chi connectivity index (χ4n) is 2.39. The van der Waals surface area contributed by atoms with Crippen molar-refractivity contribution in [3.05, 3.63) is 65.7 Å². The molecule has 0 aliphatic heterocycles. The van der Waals surface area contributed by atoms with Crippen LogP contribution in [0.5, 0.6) is 0 Å². The molecule has 2 atom stereocenters. The number of ether oxygens (including phenoxy) is 1. The summed E-state index contributed by atoms with van der Waals surface area (Å²) in [6.07, 6.45) is -0.457. The molecule has 2 N–H and O–H groups in total. The van der Waals surface area contributed by atoms with Crippen LogP contribution < -0.4 is 10.0 Å². The molecule has 0 aromatic heterocycles. The fourth-order valence-corrected chi connectivity index (χ4v) is 3.22. The monoisotopic (exact) mass is 402 g/mol. The van der Waals surface area contributed by atoms with Gasteiger partial charge in [-0.1, -0.05) is 48.0 Å². The Hall–Kier alpha value is -2.51. The maximum absolute atomic E-state index is 12.7. The first-order valence-corrected chi connectivity index (χ1v) is 10.1. The minimum Gasteiger partial charge on any atom is -0.588 e. The van der Waals surface area contributed by atoms with Crippen LogP contribution in [0, 0.1) is 6.92 Å². The molecular formula is C21H26N2O4S. The highest BCUT2D eigenvalue weighted by molar-refractivity contribution is 7.90. The molecule has 2 amide bonds. The third-order valence-electron chi connectivity index (χ3n) is 3.72. The molecule has 2 aromatic carbocycles. The maximum atomic E-state index is 12.7. The topological polar surface area (TPSA) is 90.5 Å². The second-order valence-corrected chi connectivity index (χ2v) is 8.65. The molecule has 2 rings (SSSR count). The third-order valence-corrected chi connectivity index (χ3v) is 4.81. The zero-order valence-corrected chi connectivity index (χ0v) is 17.3. The molecule has 7 heteroatoms. The Kier molecular flexibility index (Phi) is 7.48. The third kappa shape index (κ3) is 7.25. The van der Waals surface area contributed by atoms with Crippen molar-refractivity contribution in [2.24, 2.45) is 0 Å². The number of carbonyl (C=O) groups is 2. The first-order chi connectivity index (χ1) is 13.1. The molecule has 0 unspecified atom stereocenters. The van der Waals surface area contributed by atoms with Gasteiger partial charge in [-0.05, 0) is 45.4 Å². The van der Waals surface area contributed by atoms with E-state index >= 15 is 0 Å². The van der Waals surface area contributed by atoms with Crippen molar-refractivity contribution in [3.63, 3.8) is 0 Å². The minimum absolute atomic E-state index is 0.247. The fraction of sp³-hybridized carbons (Fsp3) is 0.333. The lowest BCUT2D eigenvalue weighted by atomic mass is 10.1. The van der Waals surface area contributed by atoms with Crippen LogP contribution in [0.1, 0.15) is 31.9 Å². The van der Waals surface area contributed by atoms with E-state index in [1.165, 1.54) is 0 Å². The van der Waals surface area contributed by atoms with E-state index in [1.54, 1.807) is 32.9 Å². The standard InChI is InChI=1S/C21H26N2O4S/c1-15-10-12-17(13-11-15)28(26)23-19(24)18(14-16-8-6-5-7-9-16)22-20(25)27-21(2,3)4/h5-13,18H,14H2,1-4H3,(H,22,25)(H,23,24)/t18-,28-/m0/s1. The van der Waals surface area contributed by atoms with E-state index in [9.17, 15) is 14.1 Å². The zero-order valence-electron chi connectivity index (χ0n) is 16.5. The van der Waals surface area contributed by atoms with Crippen LogP contribution in [-0.2, 0) is 27.3 Å². The van der Waals surface area contributed by atoms with Gasteiger partial charge in [-0.25, -0.2) is 4.79 Å². The Morgan fingerprint density at radius 2 is 1.68 bits per heavy atom. The highest BCUT2D eigenvalue weighted by Crippen LogP contribution is 2.12. The zero-order chi connectivity index (χ0) is 20.7. The van der Waals surface area contributed by atoms with Crippen molar-refractivity contribution < 1.29 is 18.9 Å². The lowest BCUT2D eigenvalue weighted by molar-refractivity contribution is -0.121. The van der Waals surface area contributed by atoms with Crippen molar-refractivity contribution in [2.75, 3.05) is 0 Å². The van der Waals surface area contributed by atoms with Crippen LogP contribution in [-0.4, -0.2) is 28.2 Å². The van der Waals surface area contributed by atoms with Crippen LogP contribution in [0.4, 0.5) is 4.79 Å². The molecular weight excluding hydrogens is 376 g/mol. The number of carbonyl (C=O) groups excluding carboxylic acids is 2. The summed E-state index contributed by atoms with van der Waals surface area (Å²) in [7, 11) is 0. The largest absolute Gasteiger partial charge is 0.588 e. The summed E-state index contributed by atoms with van der Waals surface area (Å²) in [5, 5.41) is 2.58. The average Bonchev–Trinajstić information content (AvgIpc) is 2.61. The van der Waals surface area contributed by atoms with Gasteiger partial charge in [0.25, 0.3) is 5.91 Å². The summed E-state index contributed by atoms with van der Waals surface area (Å²) in [5.41, 5.74) is 1.20. The predicted octanol–water partition coefficient (Wildman–Crippen LogP) is 3.27. The molecule has 0 bridgehead atoms. The number of hydrogen-bond acceptors (Lipinski definition) is 4. The molecule has 28 heavy (non-hydrogen) atoms. The van der Waals surface area contributed by atoms with Gasteiger partial charge in [-0.3, -0.25) is 4.79 Å². The van der Waals surface area contributed by atoms with Gasteiger partial charge >= 0.3 is 6.09 Å². The number of hydrogen-bond donors (Lipinski definition) is 2. The Morgan fingerprint density at radius 1 is 1.07 bits per heavy atom. The van der Waals surface area contributed by atoms with E-state index in [4.69, 9.17) is 4.74 Å². The number of rotatable bonds is 6. The van der Waals surface area contributed by atoms with E-state index in [2.05, 4.69) is 10.0 Å². The van der Waals surface area contributed by atoms with Gasteiger partial charge in [0.05, 0.1) is 0 Å². The van der Waals surface area contributed by atoms with Crippen LogP contribution in [0.15, 0.2) is 59.5 Å². The molecule has 0 saturated heterocycles. The molecule has 0 aliphatic rings. The van der Waals surface area contributed by atoms with Crippen LogP contribution >= 0.6 is 0 Å². The predicted molar refractivity (Wildman–Crippen MR) is 109 cm³/mol. The van der Waals surface area contributed by atoms with Crippen molar-refractivity contribution >= 4 is 23.4 Å². The lowest BCUT2D eigenvalue weighted by Gasteiger charge is -2.23. The average molecular weight is 403 g/mol. The Labute approximate surface area is 169 Å². The molecule has 0 saturated carbocycles. The number of aryl methyl sites for hydroxylation is 1. The quantitative estimate of drug-likeness (QED) is 0.726. The number of alkyl carbamates (subject to hydrolysis) is 1. The SMILES string of the molecule is Cc1ccc([S@+]([O-])NC(=O)[C@H](Cc2ccccc2)NC(=O)OC(C)(C)C)cc1. The van der Waals surface area contributed by atoms with Crippen molar-refractivity contribution in [2.45, 2.75) is 50.7 Å². The van der Waals surface area contributed by atoms with Gasteiger partial charge < -0.3 is 14.6 Å². The normalized spacial score (nSPS) is 13.3. The minimum atomic E-state index is -1.73. The molecule has 0 heterocycles. The van der Waals surface area contributed by atoms with Gasteiger partial charge in [0.1, 0.15) is 23.0 Å². The van der Waals surface area contributed by atoms with Gasteiger partial charge in [0, 0.05) is 6.42 Å². The second kappa shape index (κ2) is 9.61. The summed E-state index contributed by atoms with van der Waals surface area (Å²) in [6, 6.07) is 15.4. The molecule has 0 fully saturated rings. The van der Waals surface area contributed by atoms with Crippen molar-refractivity contribution in [1.82, 2.24) is 10.0 Å². The molecule has 0 spiro atoms. The highest BCUT2D eigenvalue weighted by atomic mass is 32.2. The van der Waals surface area contributed by atoms with E-state index in [1.807, 2.05) is 49.4 Å². The van der Waals surface area contributed by atoms with Crippen molar-refractivity contribution in [1.29, 1.82) is 0 Å². The maximum Gasteiger partial charge on any atom is 0.408 e. The van der Waals surface area contributed by atoms with Gasteiger partial charge in [-0.2, -0.15) is 4.72 Å². The Bertz CT molecular complexity index is 788. The van der Waals surface area contributed by atoms with E-state index in [0.717, 1.165) is 11.1 Å². The first kappa shape index (κ1) is 21.8. The first-order valence-electron chi connectivity index (χ1n) is 8.96. The van der Waals surface area contributed by atoms with Crippen LogP contribution in [0.2, 0.25) is 0 Å². The number of nitrogens with one attached hydrogen (secondary N) is 2.